The summed E-state index contributed by atoms with van der Waals surface area (Å²) < 4.78 is 18.4. The first-order valence-electron chi connectivity index (χ1n) is 7.14. The number of hydrogen-bond acceptors (Lipinski definition) is 4. The van der Waals surface area contributed by atoms with Gasteiger partial charge in [0.15, 0.2) is 0 Å². The van der Waals surface area contributed by atoms with Crippen molar-refractivity contribution in [1.29, 1.82) is 0 Å². The van der Waals surface area contributed by atoms with Crippen molar-refractivity contribution in [3.8, 4) is 11.5 Å². The monoisotopic (exact) mass is 373 g/mol. The van der Waals surface area contributed by atoms with E-state index < -0.39 is 0 Å². The Bertz CT molecular complexity index is 647. The Morgan fingerprint density at radius 3 is 2.46 bits per heavy atom. The summed E-state index contributed by atoms with van der Waals surface area (Å²) in [5.41, 5.74) is 0. The molecule has 1 aliphatic heterocycles. The number of amides is 1. The molecule has 0 bridgehead atoms. The van der Waals surface area contributed by atoms with Crippen LogP contribution < -0.4 is 15.4 Å². The SMILES string of the molecule is Cl.Cl.O=C(Nc1ccc(Oc2ccc(F)cc2)cn1)C1CCCN1. The topological polar surface area (TPSA) is 63.2 Å². The number of carbonyl (C=O) groups is 1. The summed E-state index contributed by atoms with van der Waals surface area (Å²) >= 11 is 0. The van der Waals surface area contributed by atoms with E-state index in [0.29, 0.717) is 17.3 Å². The number of nitrogens with one attached hydrogen (secondary N) is 2. The van der Waals surface area contributed by atoms with Crippen LogP contribution >= 0.6 is 24.8 Å². The number of anilines is 1. The third-order valence-electron chi connectivity index (χ3n) is 3.41. The summed E-state index contributed by atoms with van der Waals surface area (Å²) in [6.07, 6.45) is 3.37. The molecule has 5 nitrogen and oxygen atoms in total. The maximum atomic E-state index is 12.8. The van der Waals surface area contributed by atoms with Gasteiger partial charge in [0, 0.05) is 0 Å². The van der Waals surface area contributed by atoms with Gasteiger partial charge in [0.05, 0.1) is 12.2 Å². The molecule has 0 aliphatic carbocycles. The van der Waals surface area contributed by atoms with E-state index in [4.69, 9.17) is 4.74 Å². The standard InChI is InChI=1S/C16H16FN3O2.2ClH/c17-11-3-5-12(6-4-11)22-13-7-8-15(19-10-13)20-16(21)14-2-1-9-18-14;;/h3-8,10,14,18H,1-2,9H2,(H,19,20,21);2*1H. The number of rotatable bonds is 4. The maximum Gasteiger partial charge on any atom is 0.242 e. The third-order valence-corrected chi connectivity index (χ3v) is 3.41. The summed E-state index contributed by atoms with van der Waals surface area (Å²) in [5.74, 6) is 1.13. The molecule has 1 unspecified atom stereocenters. The van der Waals surface area contributed by atoms with Gasteiger partial charge in [-0.2, -0.15) is 0 Å². The minimum atomic E-state index is -0.316. The molecule has 0 spiro atoms. The van der Waals surface area contributed by atoms with Crippen molar-refractivity contribution >= 4 is 36.5 Å². The number of hydrogen-bond donors (Lipinski definition) is 2. The van der Waals surface area contributed by atoms with Gasteiger partial charge >= 0.3 is 0 Å². The molecule has 24 heavy (non-hydrogen) atoms. The van der Waals surface area contributed by atoms with Crippen LogP contribution in [-0.4, -0.2) is 23.5 Å². The van der Waals surface area contributed by atoms with Gasteiger partial charge in [0.1, 0.15) is 23.1 Å². The van der Waals surface area contributed by atoms with E-state index in [2.05, 4.69) is 15.6 Å². The molecule has 0 radical (unpaired) electrons. The Morgan fingerprint density at radius 2 is 1.88 bits per heavy atom. The fourth-order valence-electron chi connectivity index (χ4n) is 2.28. The number of aromatic nitrogens is 1. The van der Waals surface area contributed by atoms with Crippen LogP contribution in [-0.2, 0) is 4.79 Å². The van der Waals surface area contributed by atoms with Crippen molar-refractivity contribution in [3.63, 3.8) is 0 Å². The van der Waals surface area contributed by atoms with Gasteiger partial charge in [-0.25, -0.2) is 9.37 Å². The molecule has 1 saturated heterocycles. The van der Waals surface area contributed by atoms with Gasteiger partial charge in [0.2, 0.25) is 5.91 Å². The van der Waals surface area contributed by atoms with E-state index in [1.54, 1.807) is 12.1 Å². The van der Waals surface area contributed by atoms with E-state index in [1.807, 2.05) is 0 Å². The Balaban J connectivity index is 0.00000144. The third kappa shape index (κ3) is 5.33. The van der Waals surface area contributed by atoms with Crippen LogP contribution in [0.4, 0.5) is 10.2 Å². The second kappa shape index (κ2) is 9.42. The highest BCUT2D eigenvalue weighted by Gasteiger charge is 2.22. The molecule has 1 aliphatic rings. The van der Waals surface area contributed by atoms with Crippen LogP contribution in [0.5, 0.6) is 11.5 Å². The fraction of sp³-hybridized carbons (Fsp3) is 0.250. The molecule has 1 atom stereocenters. The lowest BCUT2D eigenvalue weighted by molar-refractivity contribution is -0.117. The largest absolute Gasteiger partial charge is 0.456 e. The van der Waals surface area contributed by atoms with Crippen LogP contribution in [0.3, 0.4) is 0 Å². The van der Waals surface area contributed by atoms with E-state index in [1.165, 1.54) is 30.5 Å². The molecule has 1 aromatic heterocycles. The fourth-order valence-corrected chi connectivity index (χ4v) is 2.28. The minimum Gasteiger partial charge on any atom is -0.456 e. The van der Waals surface area contributed by atoms with Crippen molar-refractivity contribution in [2.24, 2.45) is 0 Å². The number of pyridine rings is 1. The van der Waals surface area contributed by atoms with Crippen LogP contribution in [0.2, 0.25) is 0 Å². The van der Waals surface area contributed by atoms with E-state index in [0.717, 1.165) is 19.4 Å². The number of nitrogens with zero attached hydrogens (tertiary/aromatic N) is 1. The van der Waals surface area contributed by atoms with Crippen molar-refractivity contribution < 1.29 is 13.9 Å². The maximum absolute atomic E-state index is 12.8. The van der Waals surface area contributed by atoms with Gasteiger partial charge in [0.25, 0.3) is 0 Å². The first-order chi connectivity index (χ1) is 10.7. The summed E-state index contributed by atoms with van der Waals surface area (Å²) in [6.45, 7) is 0.871. The van der Waals surface area contributed by atoms with Gasteiger partial charge < -0.3 is 15.4 Å². The molecule has 8 heteroatoms. The zero-order valence-electron chi connectivity index (χ0n) is 12.7. The zero-order chi connectivity index (χ0) is 15.4. The summed E-state index contributed by atoms with van der Waals surface area (Å²) in [4.78, 5) is 16.1. The molecular weight excluding hydrogens is 356 g/mol. The van der Waals surface area contributed by atoms with Gasteiger partial charge in [-0.05, 0) is 55.8 Å². The molecule has 2 N–H and O–H groups in total. The second-order valence-electron chi connectivity index (χ2n) is 5.07. The Hall–Kier alpha value is -1.89. The molecule has 2 heterocycles. The molecule has 130 valence electrons. The Morgan fingerprint density at radius 1 is 1.17 bits per heavy atom. The summed E-state index contributed by atoms with van der Waals surface area (Å²) in [6, 6.07) is 8.96. The normalized spacial score (nSPS) is 15.8. The molecule has 3 rings (SSSR count). The molecule has 1 fully saturated rings. The Labute approximate surface area is 151 Å². The van der Waals surface area contributed by atoms with E-state index >= 15 is 0 Å². The van der Waals surface area contributed by atoms with Crippen molar-refractivity contribution in [3.05, 3.63) is 48.4 Å². The first kappa shape index (κ1) is 20.2. The van der Waals surface area contributed by atoms with Gasteiger partial charge in [-0.3, -0.25) is 4.79 Å². The van der Waals surface area contributed by atoms with Gasteiger partial charge in [-0.15, -0.1) is 24.8 Å². The molecular formula is C16H18Cl2FN3O2. The van der Waals surface area contributed by atoms with Crippen LogP contribution in [0.25, 0.3) is 0 Å². The number of benzene rings is 1. The molecule has 1 amide bonds. The van der Waals surface area contributed by atoms with Crippen LogP contribution in [0.15, 0.2) is 42.6 Å². The predicted octanol–water partition coefficient (Wildman–Crippen LogP) is 3.55. The average Bonchev–Trinajstić information content (AvgIpc) is 3.06. The van der Waals surface area contributed by atoms with Crippen molar-refractivity contribution in [2.75, 3.05) is 11.9 Å². The smallest absolute Gasteiger partial charge is 0.242 e. The Kier molecular flexibility index (Phi) is 7.91. The lowest BCUT2D eigenvalue weighted by Crippen LogP contribution is -2.35. The van der Waals surface area contributed by atoms with Crippen LogP contribution in [0.1, 0.15) is 12.8 Å². The first-order valence-corrected chi connectivity index (χ1v) is 7.14. The quantitative estimate of drug-likeness (QED) is 0.859. The molecule has 1 aromatic carbocycles. The molecule has 2 aromatic rings. The summed E-state index contributed by atoms with van der Waals surface area (Å²) in [5, 5.41) is 5.89. The number of carbonyl (C=O) groups excluding carboxylic acids is 1. The highest BCUT2D eigenvalue weighted by atomic mass is 35.5. The van der Waals surface area contributed by atoms with E-state index in [-0.39, 0.29) is 42.6 Å². The highest BCUT2D eigenvalue weighted by Crippen LogP contribution is 2.21. The van der Waals surface area contributed by atoms with Gasteiger partial charge in [-0.1, -0.05) is 0 Å². The number of halogens is 3. The predicted molar refractivity (Wildman–Crippen MR) is 94.9 cm³/mol. The van der Waals surface area contributed by atoms with Crippen molar-refractivity contribution in [2.45, 2.75) is 18.9 Å². The minimum absolute atomic E-state index is 0. The van der Waals surface area contributed by atoms with Crippen LogP contribution in [0, 0.1) is 5.82 Å². The lowest BCUT2D eigenvalue weighted by atomic mass is 10.2. The van der Waals surface area contributed by atoms with E-state index in [9.17, 15) is 9.18 Å². The summed E-state index contributed by atoms with van der Waals surface area (Å²) in [7, 11) is 0. The van der Waals surface area contributed by atoms with Crippen molar-refractivity contribution in [1.82, 2.24) is 10.3 Å². The zero-order valence-corrected chi connectivity index (χ0v) is 14.3. The number of ether oxygens (including phenoxy) is 1. The average molecular weight is 374 g/mol. The lowest BCUT2D eigenvalue weighted by Gasteiger charge is -2.11. The second-order valence-corrected chi connectivity index (χ2v) is 5.07. The molecule has 0 saturated carbocycles. The highest BCUT2D eigenvalue weighted by molar-refractivity contribution is 5.94.